The molecule has 1 unspecified atom stereocenters. The van der Waals surface area contributed by atoms with Crippen LogP contribution in [0.4, 0.5) is 0 Å². The number of rotatable bonds is 6. The molecule has 37 heavy (non-hydrogen) atoms. The molecule has 8 heteroatoms. The van der Waals surface area contributed by atoms with Crippen molar-refractivity contribution in [2.24, 2.45) is 7.05 Å². The number of carbonyl (C=O) groups is 2. The molecule has 0 spiro atoms. The van der Waals surface area contributed by atoms with E-state index in [9.17, 15) is 14.7 Å². The van der Waals surface area contributed by atoms with Crippen LogP contribution in [0.3, 0.4) is 0 Å². The van der Waals surface area contributed by atoms with Gasteiger partial charge in [-0.3, -0.25) is 9.69 Å². The molecule has 0 aliphatic carbocycles. The number of fused-ring (bicyclic) bond motifs is 1. The molecule has 1 amide bonds. The highest BCUT2D eigenvalue weighted by atomic mass is 35.5. The number of hydrogen-bond acceptors (Lipinski definition) is 3. The van der Waals surface area contributed by atoms with Crippen LogP contribution >= 0.6 is 23.2 Å². The molecule has 190 valence electrons. The van der Waals surface area contributed by atoms with Gasteiger partial charge in [-0.1, -0.05) is 65.7 Å². The third kappa shape index (κ3) is 4.97. The second-order valence-corrected chi connectivity index (χ2v) is 10.4. The van der Waals surface area contributed by atoms with E-state index in [1.807, 2.05) is 37.4 Å². The Labute approximate surface area is 225 Å². The van der Waals surface area contributed by atoms with E-state index in [2.05, 4.69) is 22.3 Å². The molecule has 5 rings (SSSR count). The van der Waals surface area contributed by atoms with Crippen molar-refractivity contribution in [1.82, 2.24) is 14.8 Å². The Kier molecular flexibility index (Phi) is 6.99. The first kappa shape index (κ1) is 25.3. The highest BCUT2D eigenvalue weighted by molar-refractivity contribution is 6.45. The first-order chi connectivity index (χ1) is 17.8. The zero-order valence-electron chi connectivity index (χ0n) is 20.4. The number of halogens is 2. The fourth-order valence-corrected chi connectivity index (χ4v) is 5.71. The molecule has 1 aliphatic heterocycles. The second kappa shape index (κ2) is 10.2. The number of benzene rings is 3. The van der Waals surface area contributed by atoms with Crippen LogP contribution in [0.5, 0.6) is 0 Å². The molecule has 0 radical (unpaired) electrons. The Bertz CT molecular complexity index is 1480. The van der Waals surface area contributed by atoms with Gasteiger partial charge in [-0.05, 0) is 60.8 Å². The van der Waals surface area contributed by atoms with Crippen molar-refractivity contribution >= 4 is 46.0 Å². The first-order valence-corrected chi connectivity index (χ1v) is 12.9. The Hall–Kier alpha value is -3.32. The Morgan fingerprint density at radius 1 is 1.03 bits per heavy atom. The van der Waals surface area contributed by atoms with Crippen molar-refractivity contribution in [3.05, 3.63) is 105 Å². The summed E-state index contributed by atoms with van der Waals surface area (Å²) in [6.07, 6.45) is 1.53. The number of carboxylic acids is 1. The standard InChI is InChI=1S/C29H27Cl2N3O3/c1-33-24-12-11-23(30)26(31)22(24)16-25(33)27(35)32-29(21-10-5-9-20(15-21)28(36)37)13-6-14-34(18-29)17-19-7-3-2-4-8-19/h2-5,7-12,15-16H,6,13-14,17-18H2,1H3,(H,32,35)(H,36,37). The van der Waals surface area contributed by atoms with Crippen molar-refractivity contribution in [3.63, 3.8) is 0 Å². The first-order valence-electron chi connectivity index (χ1n) is 12.1. The van der Waals surface area contributed by atoms with Crippen molar-refractivity contribution < 1.29 is 14.7 Å². The minimum atomic E-state index is -1.000. The number of amides is 1. The molecule has 2 heterocycles. The maximum absolute atomic E-state index is 13.8. The summed E-state index contributed by atoms with van der Waals surface area (Å²) < 4.78 is 1.80. The predicted octanol–water partition coefficient (Wildman–Crippen LogP) is 6.10. The largest absolute Gasteiger partial charge is 0.478 e. The second-order valence-electron chi connectivity index (χ2n) is 9.60. The van der Waals surface area contributed by atoms with E-state index in [1.54, 1.807) is 34.9 Å². The van der Waals surface area contributed by atoms with Crippen LogP contribution in [-0.2, 0) is 19.1 Å². The molecule has 4 aromatic rings. The van der Waals surface area contributed by atoms with E-state index in [0.717, 1.165) is 30.6 Å². The number of hydrogen-bond donors (Lipinski definition) is 2. The number of aryl methyl sites for hydroxylation is 1. The summed E-state index contributed by atoms with van der Waals surface area (Å²) in [5.74, 6) is -1.26. The maximum Gasteiger partial charge on any atom is 0.335 e. The third-order valence-electron chi connectivity index (χ3n) is 7.18. The van der Waals surface area contributed by atoms with Crippen LogP contribution in [0.25, 0.3) is 10.9 Å². The number of nitrogens with one attached hydrogen (secondary N) is 1. The third-order valence-corrected chi connectivity index (χ3v) is 8.00. The number of aromatic carboxylic acids is 1. The Balaban J connectivity index is 1.53. The Morgan fingerprint density at radius 3 is 2.57 bits per heavy atom. The molecule has 1 aromatic heterocycles. The quantitative estimate of drug-likeness (QED) is 0.312. The number of carbonyl (C=O) groups excluding carboxylic acids is 1. The van der Waals surface area contributed by atoms with Gasteiger partial charge in [0.05, 0.1) is 21.1 Å². The number of aromatic nitrogens is 1. The molecular weight excluding hydrogens is 509 g/mol. The predicted molar refractivity (Wildman–Crippen MR) is 146 cm³/mol. The molecule has 1 aliphatic rings. The van der Waals surface area contributed by atoms with Gasteiger partial charge in [0.25, 0.3) is 5.91 Å². The fraction of sp³-hybridized carbons (Fsp3) is 0.241. The van der Waals surface area contributed by atoms with Crippen molar-refractivity contribution in [2.75, 3.05) is 13.1 Å². The topological polar surface area (TPSA) is 74.6 Å². The van der Waals surface area contributed by atoms with E-state index in [-0.39, 0.29) is 11.5 Å². The minimum Gasteiger partial charge on any atom is -0.478 e. The van der Waals surface area contributed by atoms with E-state index < -0.39 is 11.5 Å². The van der Waals surface area contributed by atoms with Crippen LogP contribution in [-0.4, -0.2) is 39.5 Å². The van der Waals surface area contributed by atoms with Crippen LogP contribution in [0.15, 0.2) is 72.8 Å². The molecule has 0 saturated carbocycles. The highest BCUT2D eigenvalue weighted by Crippen LogP contribution is 2.35. The SMILES string of the molecule is Cn1c(C(=O)NC2(c3cccc(C(=O)O)c3)CCCN(Cc3ccccc3)C2)cc2c(Cl)c(Cl)ccc21. The number of likely N-dealkylation sites (tertiary alicyclic amines) is 1. The molecule has 1 saturated heterocycles. The lowest BCUT2D eigenvalue weighted by Crippen LogP contribution is -2.56. The normalized spacial score (nSPS) is 18.1. The van der Waals surface area contributed by atoms with Gasteiger partial charge in [0, 0.05) is 31.0 Å². The number of carboxylic acid groups (broad SMARTS) is 1. The lowest BCUT2D eigenvalue weighted by Gasteiger charge is -2.44. The van der Waals surface area contributed by atoms with Gasteiger partial charge in [0.15, 0.2) is 0 Å². The van der Waals surface area contributed by atoms with Gasteiger partial charge in [0.1, 0.15) is 5.69 Å². The van der Waals surface area contributed by atoms with E-state index in [4.69, 9.17) is 23.2 Å². The number of nitrogens with zero attached hydrogens (tertiary/aromatic N) is 2. The van der Waals surface area contributed by atoms with Crippen LogP contribution < -0.4 is 5.32 Å². The molecule has 6 nitrogen and oxygen atoms in total. The summed E-state index contributed by atoms with van der Waals surface area (Å²) in [4.78, 5) is 27.9. The van der Waals surface area contributed by atoms with Crippen molar-refractivity contribution in [2.45, 2.75) is 24.9 Å². The van der Waals surface area contributed by atoms with Crippen LogP contribution in [0.2, 0.25) is 10.0 Å². The monoisotopic (exact) mass is 535 g/mol. The van der Waals surface area contributed by atoms with Gasteiger partial charge in [-0.15, -0.1) is 0 Å². The Morgan fingerprint density at radius 2 is 1.81 bits per heavy atom. The number of piperidine rings is 1. The minimum absolute atomic E-state index is 0.192. The average Bonchev–Trinajstić information content (AvgIpc) is 3.24. The van der Waals surface area contributed by atoms with Gasteiger partial charge in [-0.25, -0.2) is 4.79 Å². The lowest BCUT2D eigenvalue weighted by atomic mass is 9.81. The van der Waals surface area contributed by atoms with Crippen LogP contribution in [0.1, 0.15) is 44.8 Å². The highest BCUT2D eigenvalue weighted by Gasteiger charge is 2.39. The summed E-state index contributed by atoms with van der Waals surface area (Å²) >= 11 is 12.6. The smallest absolute Gasteiger partial charge is 0.335 e. The summed E-state index contributed by atoms with van der Waals surface area (Å²) in [6.45, 7) is 2.17. The van der Waals surface area contributed by atoms with Gasteiger partial charge in [-0.2, -0.15) is 0 Å². The summed E-state index contributed by atoms with van der Waals surface area (Å²) in [7, 11) is 1.82. The fourth-order valence-electron chi connectivity index (χ4n) is 5.33. The van der Waals surface area contributed by atoms with Crippen LogP contribution in [0, 0.1) is 0 Å². The molecule has 1 atom stereocenters. The van der Waals surface area contributed by atoms with Crippen molar-refractivity contribution in [1.29, 1.82) is 0 Å². The lowest BCUT2D eigenvalue weighted by molar-refractivity contribution is 0.0696. The molecule has 2 N–H and O–H groups in total. The zero-order chi connectivity index (χ0) is 26.2. The zero-order valence-corrected chi connectivity index (χ0v) is 21.9. The van der Waals surface area contributed by atoms with Gasteiger partial charge < -0.3 is 15.0 Å². The van der Waals surface area contributed by atoms with Gasteiger partial charge >= 0.3 is 5.97 Å². The average molecular weight is 536 g/mol. The maximum atomic E-state index is 13.8. The van der Waals surface area contributed by atoms with E-state index in [1.165, 1.54) is 5.56 Å². The molecule has 1 fully saturated rings. The molecule has 3 aromatic carbocycles. The van der Waals surface area contributed by atoms with Crippen molar-refractivity contribution in [3.8, 4) is 0 Å². The summed E-state index contributed by atoms with van der Waals surface area (Å²) in [6, 6.07) is 22.4. The molecule has 0 bridgehead atoms. The summed E-state index contributed by atoms with van der Waals surface area (Å²) in [5.41, 5.74) is 2.64. The van der Waals surface area contributed by atoms with Gasteiger partial charge in [0.2, 0.25) is 0 Å². The summed E-state index contributed by atoms with van der Waals surface area (Å²) in [5, 5.41) is 14.5. The van der Waals surface area contributed by atoms with E-state index >= 15 is 0 Å². The molecular formula is C29H27Cl2N3O3. The van der Waals surface area contributed by atoms with E-state index in [0.29, 0.717) is 34.1 Å².